The quantitative estimate of drug-likeness (QED) is 0.807. The molecule has 3 nitrogen and oxygen atoms in total. The van der Waals surface area contributed by atoms with Gasteiger partial charge in [0.1, 0.15) is 0 Å². The zero-order valence-corrected chi connectivity index (χ0v) is 12.5. The maximum absolute atomic E-state index is 4.73. The van der Waals surface area contributed by atoms with Crippen LogP contribution in [-0.4, -0.2) is 23.0 Å². The van der Waals surface area contributed by atoms with Gasteiger partial charge >= 0.3 is 0 Å². The zero-order valence-electron chi connectivity index (χ0n) is 10.1. The topological polar surface area (TPSA) is 20.5 Å². The fourth-order valence-electron chi connectivity index (χ4n) is 2.34. The van der Waals surface area contributed by atoms with Crippen LogP contribution in [0.4, 0.5) is 5.82 Å². The predicted molar refractivity (Wildman–Crippen MR) is 76.2 cm³/mol. The lowest BCUT2D eigenvalue weighted by atomic mass is 10.3. The maximum Gasteiger partial charge on any atom is 0.195 e. The first-order chi connectivity index (χ1) is 8.20. The molecule has 2 aromatic rings. The van der Waals surface area contributed by atoms with E-state index >= 15 is 0 Å². The molecule has 0 amide bonds. The molecule has 0 bridgehead atoms. The second-order valence-electron chi connectivity index (χ2n) is 4.92. The van der Waals surface area contributed by atoms with Crippen molar-refractivity contribution in [3.8, 4) is 0 Å². The summed E-state index contributed by atoms with van der Waals surface area (Å²) in [5.41, 5.74) is 1.26. The van der Waals surface area contributed by atoms with Crippen molar-refractivity contribution in [3.05, 3.63) is 17.3 Å². The summed E-state index contributed by atoms with van der Waals surface area (Å²) in [5, 5.41) is 2.94. The molecule has 5 heteroatoms. The van der Waals surface area contributed by atoms with Crippen LogP contribution in [0.3, 0.4) is 0 Å². The average molecular weight is 314 g/mol. The summed E-state index contributed by atoms with van der Waals surface area (Å²) < 4.78 is 2.18. The molecule has 0 aromatic carbocycles. The predicted octanol–water partition coefficient (Wildman–Crippen LogP) is 3.38. The van der Waals surface area contributed by atoms with Crippen LogP contribution in [0.25, 0.3) is 4.96 Å². The summed E-state index contributed by atoms with van der Waals surface area (Å²) in [5.74, 6) is 2.89. The molecule has 0 saturated heterocycles. The lowest BCUT2D eigenvalue weighted by Crippen LogP contribution is -2.22. The van der Waals surface area contributed by atoms with Crippen molar-refractivity contribution in [1.29, 1.82) is 0 Å². The first-order valence-electron chi connectivity index (χ1n) is 5.92. The van der Waals surface area contributed by atoms with Crippen LogP contribution >= 0.6 is 27.3 Å². The van der Waals surface area contributed by atoms with Crippen molar-refractivity contribution in [2.45, 2.75) is 18.7 Å². The van der Waals surface area contributed by atoms with Gasteiger partial charge in [-0.1, -0.05) is 22.9 Å². The van der Waals surface area contributed by atoms with E-state index in [1.54, 1.807) is 11.3 Å². The normalized spacial score (nSPS) is 23.2. The summed E-state index contributed by atoms with van der Waals surface area (Å²) >= 11 is 5.27. The number of aromatic nitrogens is 2. The number of alkyl halides is 1. The molecule has 1 saturated carbocycles. The molecular weight excluding hydrogens is 298 g/mol. The van der Waals surface area contributed by atoms with Crippen molar-refractivity contribution in [3.63, 3.8) is 0 Å². The molecule has 0 spiro atoms. The summed E-state index contributed by atoms with van der Waals surface area (Å²) in [6, 6.07) is 0. The van der Waals surface area contributed by atoms with Gasteiger partial charge in [-0.05, 0) is 18.3 Å². The minimum Gasteiger partial charge on any atom is -0.358 e. The Balaban J connectivity index is 1.89. The van der Waals surface area contributed by atoms with Gasteiger partial charge in [0.05, 0.1) is 5.69 Å². The second kappa shape index (κ2) is 4.28. The number of hydrogen-bond acceptors (Lipinski definition) is 3. The molecule has 17 heavy (non-hydrogen) atoms. The Morgan fingerprint density at radius 3 is 3.06 bits per heavy atom. The number of nitrogens with zero attached hydrogens (tertiary/aromatic N) is 3. The smallest absolute Gasteiger partial charge is 0.195 e. The zero-order chi connectivity index (χ0) is 12.0. The van der Waals surface area contributed by atoms with Gasteiger partial charge in [-0.15, -0.1) is 11.3 Å². The van der Waals surface area contributed by atoms with E-state index in [9.17, 15) is 0 Å². The van der Waals surface area contributed by atoms with E-state index in [1.807, 2.05) is 0 Å². The van der Waals surface area contributed by atoms with E-state index in [0.29, 0.717) is 0 Å². The molecule has 1 aliphatic rings. The molecule has 1 fully saturated rings. The first kappa shape index (κ1) is 11.5. The van der Waals surface area contributed by atoms with Crippen LogP contribution in [0, 0.1) is 11.8 Å². The molecule has 2 heterocycles. The number of hydrogen-bond donors (Lipinski definition) is 0. The lowest BCUT2D eigenvalue weighted by molar-refractivity contribution is 0.719. The summed E-state index contributed by atoms with van der Waals surface area (Å²) in [7, 11) is 2.16. The Labute approximate surface area is 114 Å². The third-order valence-corrected chi connectivity index (χ3v) is 4.90. The van der Waals surface area contributed by atoms with Crippen LogP contribution in [-0.2, 0) is 5.33 Å². The second-order valence-corrected chi connectivity index (χ2v) is 6.36. The van der Waals surface area contributed by atoms with E-state index in [-0.39, 0.29) is 0 Å². The monoisotopic (exact) mass is 313 g/mol. The number of halogens is 1. The number of fused-ring (bicyclic) bond motifs is 1. The Bertz CT molecular complexity index is 533. The minimum absolute atomic E-state index is 0.852. The lowest BCUT2D eigenvalue weighted by Gasteiger charge is -2.17. The summed E-state index contributed by atoms with van der Waals surface area (Å²) in [4.78, 5) is 8.12. The highest BCUT2D eigenvalue weighted by molar-refractivity contribution is 9.08. The highest BCUT2D eigenvalue weighted by atomic mass is 79.9. The van der Waals surface area contributed by atoms with Gasteiger partial charge in [0.15, 0.2) is 10.8 Å². The van der Waals surface area contributed by atoms with Gasteiger partial charge in [-0.3, -0.25) is 4.40 Å². The highest BCUT2D eigenvalue weighted by Crippen LogP contribution is 2.39. The van der Waals surface area contributed by atoms with Crippen LogP contribution < -0.4 is 4.90 Å². The molecule has 0 radical (unpaired) electrons. The van der Waals surface area contributed by atoms with Gasteiger partial charge in [-0.2, -0.15) is 0 Å². The fourth-order valence-corrected chi connectivity index (χ4v) is 3.59. The molecule has 3 rings (SSSR count). The summed E-state index contributed by atoms with van der Waals surface area (Å²) in [6.45, 7) is 3.46. The number of anilines is 1. The van der Waals surface area contributed by atoms with Crippen LogP contribution in [0.5, 0.6) is 0 Å². The van der Waals surface area contributed by atoms with Crippen LogP contribution in [0.2, 0.25) is 0 Å². The SMILES string of the molecule is CC1CC1CN(C)c1nc2sccn2c1CBr. The molecule has 1 aliphatic carbocycles. The largest absolute Gasteiger partial charge is 0.358 e. The van der Waals surface area contributed by atoms with E-state index in [0.717, 1.165) is 34.5 Å². The van der Waals surface area contributed by atoms with Gasteiger partial charge in [-0.25, -0.2) is 4.98 Å². The molecule has 92 valence electrons. The van der Waals surface area contributed by atoms with E-state index in [1.165, 1.54) is 12.1 Å². The van der Waals surface area contributed by atoms with Crippen molar-refractivity contribution >= 4 is 38.0 Å². The molecule has 0 aliphatic heterocycles. The molecule has 0 N–H and O–H groups in total. The Hall–Kier alpha value is -0.550. The fraction of sp³-hybridized carbons (Fsp3) is 0.583. The Morgan fingerprint density at radius 1 is 1.65 bits per heavy atom. The van der Waals surface area contributed by atoms with Gasteiger partial charge < -0.3 is 4.90 Å². The van der Waals surface area contributed by atoms with Crippen molar-refractivity contribution in [2.75, 3.05) is 18.5 Å². The highest BCUT2D eigenvalue weighted by Gasteiger charge is 2.34. The van der Waals surface area contributed by atoms with Crippen LogP contribution in [0.15, 0.2) is 11.6 Å². The average Bonchev–Trinajstić information content (AvgIpc) is 2.75. The molecule has 2 atom stereocenters. The van der Waals surface area contributed by atoms with Crippen molar-refractivity contribution < 1.29 is 0 Å². The van der Waals surface area contributed by atoms with Gasteiger partial charge in [0, 0.05) is 30.5 Å². The minimum atomic E-state index is 0.852. The standard InChI is InChI=1S/C12H16BrN3S/c1-8-5-9(8)7-15(2)11-10(6-13)16-3-4-17-12(16)14-11/h3-4,8-9H,5-7H2,1-2H3. The first-order valence-corrected chi connectivity index (χ1v) is 7.92. The van der Waals surface area contributed by atoms with E-state index < -0.39 is 0 Å². The van der Waals surface area contributed by atoms with Gasteiger partial charge in [0.2, 0.25) is 0 Å². The third-order valence-electron chi connectivity index (χ3n) is 3.61. The van der Waals surface area contributed by atoms with Crippen molar-refractivity contribution in [2.24, 2.45) is 11.8 Å². The molecule has 2 aromatic heterocycles. The number of rotatable bonds is 4. The Kier molecular flexibility index (Phi) is 2.91. The van der Waals surface area contributed by atoms with Crippen LogP contribution in [0.1, 0.15) is 19.0 Å². The Morgan fingerprint density at radius 2 is 2.41 bits per heavy atom. The van der Waals surface area contributed by atoms with Crippen molar-refractivity contribution in [1.82, 2.24) is 9.38 Å². The number of thiazole rings is 1. The van der Waals surface area contributed by atoms with E-state index in [4.69, 9.17) is 4.98 Å². The number of imidazole rings is 1. The van der Waals surface area contributed by atoms with Gasteiger partial charge in [0.25, 0.3) is 0 Å². The van der Waals surface area contributed by atoms with E-state index in [2.05, 4.69) is 50.8 Å². The summed E-state index contributed by atoms with van der Waals surface area (Å²) in [6.07, 6.45) is 3.47. The molecule has 2 unspecified atom stereocenters. The molecular formula is C12H16BrN3S. The maximum atomic E-state index is 4.73. The third kappa shape index (κ3) is 1.99.